The van der Waals surface area contributed by atoms with Crippen molar-refractivity contribution in [3.8, 4) is 0 Å². The van der Waals surface area contributed by atoms with E-state index in [1.54, 1.807) is 0 Å². The SMILES string of the molecule is CCSc1ccccc1NC(C)c1ccccc1. The van der Waals surface area contributed by atoms with Gasteiger partial charge in [0, 0.05) is 16.6 Å². The van der Waals surface area contributed by atoms with E-state index in [1.807, 2.05) is 11.8 Å². The van der Waals surface area contributed by atoms with Gasteiger partial charge in [-0.1, -0.05) is 49.4 Å². The van der Waals surface area contributed by atoms with Crippen molar-refractivity contribution in [2.24, 2.45) is 0 Å². The van der Waals surface area contributed by atoms with Crippen LogP contribution >= 0.6 is 11.8 Å². The van der Waals surface area contributed by atoms with Crippen LogP contribution in [0.4, 0.5) is 5.69 Å². The number of thioether (sulfide) groups is 1. The van der Waals surface area contributed by atoms with Gasteiger partial charge in [0.2, 0.25) is 0 Å². The molecule has 1 unspecified atom stereocenters. The number of benzene rings is 2. The second-order valence-electron chi connectivity index (χ2n) is 4.21. The lowest BCUT2D eigenvalue weighted by molar-refractivity contribution is 0.879. The molecule has 0 aromatic heterocycles. The Labute approximate surface area is 114 Å². The Balaban J connectivity index is 2.14. The molecule has 2 heteroatoms. The average molecular weight is 257 g/mol. The summed E-state index contributed by atoms with van der Waals surface area (Å²) in [6, 6.07) is 19.4. The van der Waals surface area contributed by atoms with Crippen LogP contribution in [0.2, 0.25) is 0 Å². The minimum atomic E-state index is 0.324. The molecule has 18 heavy (non-hydrogen) atoms. The molecule has 1 atom stereocenters. The van der Waals surface area contributed by atoms with Crippen LogP contribution in [0.1, 0.15) is 25.5 Å². The zero-order valence-electron chi connectivity index (χ0n) is 10.9. The minimum Gasteiger partial charge on any atom is -0.378 e. The summed E-state index contributed by atoms with van der Waals surface area (Å²) in [5, 5.41) is 3.59. The fourth-order valence-corrected chi connectivity index (χ4v) is 2.69. The molecular formula is C16H19NS. The molecule has 0 saturated carbocycles. The average Bonchev–Trinajstić information content (AvgIpc) is 2.42. The molecule has 0 aliphatic heterocycles. The molecule has 0 radical (unpaired) electrons. The summed E-state index contributed by atoms with van der Waals surface area (Å²) in [5.41, 5.74) is 2.54. The second-order valence-corrected chi connectivity index (χ2v) is 5.51. The van der Waals surface area contributed by atoms with Gasteiger partial charge in [-0.3, -0.25) is 0 Å². The number of anilines is 1. The van der Waals surface area contributed by atoms with E-state index >= 15 is 0 Å². The van der Waals surface area contributed by atoms with Crippen LogP contribution in [0.15, 0.2) is 59.5 Å². The first-order valence-corrected chi connectivity index (χ1v) is 7.33. The van der Waals surface area contributed by atoms with Gasteiger partial charge in [0.1, 0.15) is 0 Å². The smallest absolute Gasteiger partial charge is 0.0486 e. The molecule has 0 aliphatic rings. The van der Waals surface area contributed by atoms with Crippen LogP contribution in [0.25, 0.3) is 0 Å². The summed E-state index contributed by atoms with van der Waals surface area (Å²) in [7, 11) is 0. The number of rotatable bonds is 5. The van der Waals surface area contributed by atoms with E-state index in [0.29, 0.717) is 6.04 Å². The van der Waals surface area contributed by atoms with Gasteiger partial charge in [0.05, 0.1) is 0 Å². The molecule has 2 rings (SSSR count). The van der Waals surface area contributed by atoms with Gasteiger partial charge in [-0.25, -0.2) is 0 Å². The van der Waals surface area contributed by atoms with Gasteiger partial charge in [-0.2, -0.15) is 0 Å². The Bertz CT molecular complexity index is 481. The fourth-order valence-electron chi connectivity index (χ4n) is 1.93. The van der Waals surface area contributed by atoms with Crippen LogP contribution in [-0.2, 0) is 0 Å². The molecule has 1 N–H and O–H groups in total. The first-order valence-electron chi connectivity index (χ1n) is 6.34. The molecular weight excluding hydrogens is 238 g/mol. The molecule has 0 aliphatic carbocycles. The molecule has 0 spiro atoms. The molecule has 94 valence electrons. The fraction of sp³-hybridized carbons (Fsp3) is 0.250. The molecule has 0 fully saturated rings. The van der Waals surface area contributed by atoms with Crippen LogP contribution in [0, 0.1) is 0 Å². The Morgan fingerprint density at radius 3 is 2.39 bits per heavy atom. The zero-order chi connectivity index (χ0) is 12.8. The molecule has 1 nitrogen and oxygen atoms in total. The molecule has 0 amide bonds. The molecule has 0 bridgehead atoms. The van der Waals surface area contributed by atoms with Crippen molar-refractivity contribution in [3.05, 3.63) is 60.2 Å². The Hall–Kier alpha value is -1.41. The highest BCUT2D eigenvalue weighted by Gasteiger charge is 2.07. The van der Waals surface area contributed by atoms with Gasteiger partial charge in [-0.05, 0) is 30.4 Å². The summed E-state index contributed by atoms with van der Waals surface area (Å²) in [6.45, 7) is 4.38. The third kappa shape index (κ3) is 3.30. The summed E-state index contributed by atoms with van der Waals surface area (Å²) < 4.78 is 0. The summed E-state index contributed by atoms with van der Waals surface area (Å²) in [6.07, 6.45) is 0. The van der Waals surface area contributed by atoms with E-state index in [2.05, 4.69) is 73.8 Å². The van der Waals surface area contributed by atoms with Gasteiger partial charge >= 0.3 is 0 Å². The first kappa shape index (κ1) is 13.0. The van der Waals surface area contributed by atoms with E-state index in [4.69, 9.17) is 0 Å². The zero-order valence-corrected chi connectivity index (χ0v) is 11.7. The minimum absolute atomic E-state index is 0.324. The Morgan fingerprint density at radius 2 is 1.67 bits per heavy atom. The maximum Gasteiger partial charge on any atom is 0.0486 e. The number of hydrogen-bond donors (Lipinski definition) is 1. The molecule has 2 aromatic carbocycles. The van der Waals surface area contributed by atoms with Gasteiger partial charge in [-0.15, -0.1) is 11.8 Å². The first-order chi connectivity index (χ1) is 8.81. The predicted octanol–water partition coefficient (Wildman–Crippen LogP) is 4.97. The van der Waals surface area contributed by atoms with Crippen LogP contribution in [-0.4, -0.2) is 5.75 Å². The maximum absolute atomic E-state index is 3.59. The van der Waals surface area contributed by atoms with E-state index < -0.39 is 0 Å². The van der Waals surface area contributed by atoms with Gasteiger partial charge in [0.25, 0.3) is 0 Å². The summed E-state index contributed by atoms with van der Waals surface area (Å²) in [4.78, 5) is 1.32. The van der Waals surface area contributed by atoms with Crippen LogP contribution in [0.3, 0.4) is 0 Å². The van der Waals surface area contributed by atoms with Crippen molar-refractivity contribution in [1.29, 1.82) is 0 Å². The van der Waals surface area contributed by atoms with Crippen molar-refractivity contribution in [1.82, 2.24) is 0 Å². The second kappa shape index (κ2) is 6.50. The molecule has 2 aromatic rings. The van der Waals surface area contributed by atoms with E-state index in [9.17, 15) is 0 Å². The van der Waals surface area contributed by atoms with E-state index in [0.717, 1.165) is 5.75 Å². The van der Waals surface area contributed by atoms with Gasteiger partial charge < -0.3 is 5.32 Å². The van der Waals surface area contributed by atoms with Crippen molar-refractivity contribution >= 4 is 17.4 Å². The van der Waals surface area contributed by atoms with Gasteiger partial charge in [0.15, 0.2) is 0 Å². The largest absolute Gasteiger partial charge is 0.378 e. The molecule has 0 heterocycles. The maximum atomic E-state index is 3.59. The summed E-state index contributed by atoms with van der Waals surface area (Å²) in [5.74, 6) is 1.10. The lowest BCUT2D eigenvalue weighted by atomic mass is 10.1. The standard InChI is InChI=1S/C16H19NS/c1-3-18-16-12-8-7-11-15(16)17-13(2)14-9-5-4-6-10-14/h4-13,17H,3H2,1-2H3. The third-order valence-corrected chi connectivity index (χ3v) is 3.81. The van der Waals surface area contributed by atoms with Crippen LogP contribution < -0.4 is 5.32 Å². The summed E-state index contributed by atoms with van der Waals surface area (Å²) >= 11 is 1.88. The third-order valence-electron chi connectivity index (χ3n) is 2.86. The van der Waals surface area contributed by atoms with E-state index in [1.165, 1.54) is 16.1 Å². The lowest BCUT2D eigenvalue weighted by Gasteiger charge is -2.18. The van der Waals surface area contributed by atoms with Crippen LogP contribution in [0.5, 0.6) is 0 Å². The highest BCUT2D eigenvalue weighted by molar-refractivity contribution is 7.99. The molecule has 0 saturated heterocycles. The van der Waals surface area contributed by atoms with Crippen molar-refractivity contribution < 1.29 is 0 Å². The van der Waals surface area contributed by atoms with Crippen molar-refractivity contribution in [2.75, 3.05) is 11.1 Å². The van der Waals surface area contributed by atoms with Crippen molar-refractivity contribution in [2.45, 2.75) is 24.8 Å². The highest BCUT2D eigenvalue weighted by atomic mass is 32.2. The Morgan fingerprint density at radius 1 is 1.00 bits per heavy atom. The van der Waals surface area contributed by atoms with E-state index in [-0.39, 0.29) is 0 Å². The normalized spacial score (nSPS) is 12.1. The topological polar surface area (TPSA) is 12.0 Å². The lowest BCUT2D eigenvalue weighted by Crippen LogP contribution is -2.07. The number of para-hydroxylation sites is 1. The number of hydrogen-bond acceptors (Lipinski definition) is 2. The van der Waals surface area contributed by atoms with Crippen molar-refractivity contribution in [3.63, 3.8) is 0 Å². The predicted molar refractivity (Wildman–Crippen MR) is 81.3 cm³/mol. The quantitative estimate of drug-likeness (QED) is 0.759. The monoisotopic (exact) mass is 257 g/mol. The Kier molecular flexibility index (Phi) is 4.71. The highest BCUT2D eigenvalue weighted by Crippen LogP contribution is 2.29. The number of nitrogens with one attached hydrogen (secondary N) is 1.